The van der Waals surface area contributed by atoms with Crippen molar-refractivity contribution >= 4 is 11.8 Å². The van der Waals surface area contributed by atoms with Crippen molar-refractivity contribution in [3.63, 3.8) is 0 Å². The van der Waals surface area contributed by atoms with Crippen molar-refractivity contribution < 1.29 is 18.4 Å². The Morgan fingerprint density at radius 1 is 1.12 bits per heavy atom. The summed E-state index contributed by atoms with van der Waals surface area (Å²) in [7, 11) is 0. The number of carbonyl (C=O) groups excluding carboxylic acids is 2. The van der Waals surface area contributed by atoms with E-state index >= 15 is 0 Å². The van der Waals surface area contributed by atoms with E-state index in [4.69, 9.17) is 0 Å². The van der Waals surface area contributed by atoms with Crippen molar-refractivity contribution in [1.82, 2.24) is 10.2 Å². The molecule has 2 atom stereocenters. The van der Waals surface area contributed by atoms with Gasteiger partial charge >= 0.3 is 0 Å². The molecule has 130 valence electrons. The second-order valence-electron chi connectivity index (χ2n) is 6.91. The molecule has 1 N–H and O–H groups in total. The molecule has 0 radical (unpaired) electrons. The fraction of sp³-hybridized carbons (Fsp3) is 0.556. The van der Waals surface area contributed by atoms with Crippen LogP contribution < -0.4 is 5.32 Å². The van der Waals surface area contributed by atoms with Crippen LogP contribution in [0.2, 0.25) is 0 Å². The Labute approximate surface area is 140 Å². The smallest absolute Gasteiger partial charge is 0.254 e. The van der Waals surface area contributed by atoms with Crippen molar-refractivity contribution in [3.8, 4) is 0 Å². The van der Waals surface area contributed by atoms with Gasteiger partial charge in [-0.2, -0.15) is 0 Å². The molecule has 0 spiro atoms. The van der Waals surface area contributed by atoms with Crippen LogP contribution in [0.4, 0.5) is 8.78 Å². The van der Waals surface area contributed by atoms with Crippen LogP contribution >= 0.6 is 0 Å². The molecule has 6 heteroatoms. The first-order valence-corrected chi connectivity index (χ1v) is 8.50. The van der Waals surface area contributed by atoms with E-state index in [1.165, 1.54) is 17.4 Å². The average Bonchev–Trinajstić information content (AvgIpc) is 2.50. The zero-order chi connectivity index (χ0) is 17.3. The quantitative estimate of drug-likeness (QED) is 0.923. The monoisotopic (exact) mass is 336 g/mol. The molecule has 0 bridgehead atoms. The van der Waals surface area contributed by atoms with Gasteiger partial charge in [-0.3, -0.25) is 9.59 Å². The highest BCUT2D eigenvalue weighted by atomic mass is 19.2. The first kappa shape index (κ1) is 16.9. The van der Waals surface area contributed by atoms with Gasteiger partial charge in [0.05, 0.1) is 5.92 Å². The number of nitrogens with one attached hydrogen (secondary N) is 1. The van der Waals surface area contributed by atoms with Crippen molar-refractivity contribution in [3.05, 3.63) is 35.4 Å². The number of carbonyl (C=O) groups is 2. The molecule has 1 aliphatic carbocycles. The topological polar surface area (TPSA) is 49.4 Å². The molecule has 2 fully saturated rings. The van der Waals surface area contributed by atoms with Gasteiger partial charge in [0.25, 0.3) is 5.91 Å². The zero-order valence-electron chi connectivity index (χ0n) is 13.7. The third kappa shape index (κ3) is 3.42. The van der Waals surface area contributed by atoms with Crippen molar-refractivity contribution in [2.24, 2.45) is 11.8 Å². The summed E-state index contributed by atoms with van der Waals surface area (Å²) in [6, 6.07) is 3.33. The van der Waals surface area contributed by atoms with Gasteiger partial charge in [0.2, 0.25) is 5.91 Å². The van der Waals surface area contributed by atoms with Gasteiger partial charge in [0.15, 0.2) is 11.6 Å². The number of benzene rings is 1. The van der Waals surface area contributed by atoms with Crippen LogP contribution in [-0.4, -0.2) is 35.8 Å². The minimum absolute atomic E-state index is 0.0110. The number of halogens is 2. The molecule has 1 aromatic carbocycles. The molecule has 1 heterocycles. The van der Waals surface area contributed by atoms with E-state index in [2.05, 4.69) is 12.2 Å². The fourth-order valence-corrected chi connectivity index (χ4v) is 3.45. The van der Waals surface area contributed by atoms with E-state index in [1.807, 2.05) is 0 Å². The van der Waals surface area contributed by atoms with Gasteiger partial charge in [0.1, 0.15) is 0 Å². The van der Waals surface area contributed by atoms with Crippen molar-refractivity contribution in [1.29, 1.82) is 0 Å². The molecule has 2 unspecified atom stereocenters. The minimum atomic E-state index is -1.04. The van der Waals surface area contributed by atoms with Crippen LogP contribution in [0, 0.1) is 23.5 Å². The molecule has 1 saturated carbocycles. The van der Waals surface area contributed by atoms with Crippen LogP contribution in [0.15, 0.2) is 18.2 Å². The van der Waals surface area contributed by atoms with Gasteiger partial charge in [-0.15, -0.1) is 0 Å². The van der Waals surface area contributed by atoms with Crippen molar-refractivity contribution in [2.45, 2.75) is 38.6 Å². The molecule has 2 aliphatic rings. The highest BCUT2D eigenvalue weighted by Crippen LogP contribution is 2.25. The van der Waals surface area contributed by atoms with Crippen molar-refractivity contribution in [2.75, 3.05) is 13.1 Å². The van der Waals surface area contributed by atoms with Gasteiger partial charge in [0, 0.05) is 24.7 Å². The summed E-state index contributed by atoms with van der Waals surface area (Å²) in [5.41, 5.74) is 0.105. The Morgan fingerprint density at radius 3 is 2.50 bits per heavy atom. The Balaban J connectivity index is 1.51. The average molecular weight is 336 g/mol. The number of nitrogens with zero attached hydrogens (tertiary/aromatic N) is 1. The molecule has 4 nitrogen and oxygen atoms in total. The highest BCUT2D eigenvalue weighted by molar-refractivity contribution is 5.96. The molecule has 3 rings (SSSR count). The summed E-state index contributed by atoms with van der Waals surface area (Å²) < 4.78 is 26.1. The number of rotatable bonds is 3. The predicted octanol–water partition coefficient (Wildman–Crippen LogP) is 2.73. The zero-order valence-corrected chi connectivity index (χ0v) is 13.7. The largest absolute Gasteiger partial charge is 0.353 e. The number of hydrogen-bond donors (Lipinski definition) is 1. The van der Waals surface area contributed by atoms with Crippen LogP contribution in [0.25, 0.3) is 0 Å². The molecule has 1 aromatic rings. The standard InChI is InChI=1S/C18H22F2N2O2/c1-11-4-2-3-5-16(11)21-17(23)13-9-22(10-13)18(24)12-6-7-14(19)15(20)8-12/h6-8,11,13,16H,2-5,9-10H2,1H3,(H,21,23). The lowest BCUT2D eigenvalue weighted by Gasteiger charge is -2.40. The maximum atomic E-state index is 13.2. The van der Waals surface area contributed by atoms with Gasteiger partial charge in [-0.1, -0.05) is 19.8 Å². The first-order valence-electron chi connectivity index (χ1n) is 8.50. The first-order chi connectivity index (χ1) is 11.5. The van der Waals surface area contributed by atoms with E-state index in [9.17, 15) is 18.4 Å². The number of amides is 2. The van der Waals surface area contributed by atoms with Gasteiger partial charge < -0.3 is 10.2 Å². The minimum Gasteiger partial charge on any atom is -0.353 e. The summed E-state index contributed by atoms with van der Waals surface area (Å²) in [6.07, 6.45) is 4.50. The van der Waals surface area contributed by atoms with Gasteiger partial charge in [-0.05, 0) is 37.0 Å². The lowest BCUT2D eigenvalue weighted by atomic mass is 9.85. The van der Waals surface area contributed by atoms with Crippen LogP contribution in [0.3, 0.4) is 0 Å². The van der Waals surface area contributed by atoms with E-state index in [-0.39, 0.29) is 29.3 Å². The summed E-state index contributed by atoms with van der Waals surface area (Å²) in [5, 5.41) is 3.10. The molecule has 0 aromatic heterocycles. The Bertz CT molecular complexity index is 644. The van der Waals surface area contributed by atoms with Crippen LogP contribution in [-0.2, 0) is 4.79 Å². The molecule has 1 saturated heterocycles. The van der Waals surface area contributed by atoms with Crippen LogP contribution in [0.1, 0.15) is 43.0 Å². The van der Waals surface area contributed by atoms with E-state index in [0.29, 0.717) is 19.0 Å². The van der Waals surface area contributed by atoms with E-state index in [1.54, 1.807) is 0 Å². The lowest BCUT2D eigenvalue weighted by molar-refractivity contribution is -0.130. The third-order valence-corrected chi connectivity index (χ3v) is 5.15. The molecule has 1 aliphatic heterocycles. The Morgan fingerprint density at radius 2 is 1.83 bits per heavy atom. The number of hydrogen-bond acceptors (Lipinski definition) is 2. The second-order valence-corrected chi connectivity index (χ2v) is 6.91. The van der Waals surface area contributed by atoms with E-state index in [0.717, 1.165) is 31.4 Å². The lowest BCUT2D eigenvalue weighted by Crippen LogP contribution is -2.57. The summed E-state index contributed by atoms with van der Waals surface area (Å²) in [4.78, 5) is 26.0. The third-order valence-electron chi connectivity index (χ3n) is 5.15. The van der Waals surface area contributed by atoms with Crippen LogP contribution in [0.5, 0.6) is 0 Å². The number of likely N-dealkylation sites (tertiary alicyclic amines) is 1. The normalized spacial score (nSPS) is 24.4. The summed E-state index contributed by atoms with van der Waals surface area (Å²) in [6.45, 7) is 2.80. The highest BCUT2D eigenvalue weighted by Gasteiger charge is 2.37. The molecular weight excluding hydrogens is 314 g/mol. The Hall–Kier alpha value is -1.98. The maximum absolute atomic E-state index is 13.2. The Kier molecular flexibility index (Phi) is 4.83. The van der Waals surface area contributed by atoms with E-state index < -0.39 is 11.6 Å². The summed E-state index contributed by atoms with van der Waals surface area (Å²) in [5.74, 6) is -2.13. The molecular formula is C18H22F2N2O2. The molecule has 24 heavy (non-hydrogen) atoms. The van der Waals surface area contributed by atoms with Gasteiger partial charge in [-0.25, -0.2) is 8.78 Å². The molecule has 2 amide bonds. The SMILES string of the molecule is CC1CCCCC1NC(=O)C1CN(C(=O)c2ccc(F)c(F)c2)C1. The predicted molar refractivity (Wildman–Crippen MR) is 85.3 cm³/mol. The second kappa shape index (κ2) is 6.87. The maximum Gasteiger partial charge on any atom is 0.254 e. The fourth-order valence-electron chi connectivity index (χ4n) is 3.45. The summed E-state index contributed by atoms with van der Waals surface area (Å²) >= 11 is 0.